The van der Waals surface area contributed by atoms with Crippen LogP contribution in [0.15, 0.2) is 59.9 Å². The average molecular weight is 562 g/mol. The molecule has 2 N–H and O–H groups in total. The Hall–Kier alpha value is -4.42. The molecule has 0 saturated carbocycles. The van der Waals surface area contributed by atoms with Gasteiger partial charge in [-0.15, -0.1) is 0 Å². The molecule has 1 saturated heterocycles. The van der Waals surface area contributed by atoms with Crippen LogP contribution in [0, 0.1) is 0 Å². The maximum atomic E-state index is 13.4. The minimum atomic E-state index is -0.399. The zero-order valence-corrected chi connectivity index (χ0v) is 23.3. The highest BCUT2D eigenvalue weighted by atomic mass is 16.5. The van der Waals surface area contributed by atoms with Gasteiger partial charge in [-0.25, -0.2) is 15.0 Å². The molecular formula is C29H35N7O5. The molecule has 0 unspecified atom stereocenters. The quantitative estimate of drug-likeness (QED) is 0.319. The zero-order valence-electron chi connectivity index (χ0n) is 23.3. The number of fused-ring (bicyclic) bond motifs is 1. The van der Waals surface area contributed by atoms with E-state index in [4.69, 9.17) is 18.9 Å². The highest BCUT2D eigenvalue weighted by molar-refractivity contribution is 5.95. The number of carbonyl (C=O) groups excluding carboxylic acids is 1. The van der Waals surface area contributed by atoms with Gasteiger partial charge in [0.15, 0.2) is 11.5 Å². The standard InChI is InChI=1S/C29H35N7O5/c1-38-13-15-40-25-18-23-24(19-26(25)41-16-14-39-2)32-20-33-27(23)34-22-6-3-5-21(17-22)28(37)35-9-11-36(12-10-35)29-30-7-4-8-31-29/h3-8,17-20,27,34H,9-16H2,1-2H3,(H,32,33)/t27-/m0/s1. The van der Waals surface area contributed by atoms with Crippen LogP contribution in [0.3, 0.4) is 0 Å². The van der Waals surface area contributed by atoms with Crippen LogP contribution >= 0.6 is 0 Å². The molecule has 1 aromatic heterocycles. The molecule has 41 heavy (non-hydrogen) atoms. The molecular weight excluding hydrogens is 526 g/mol. The minimum absolute atomic E-state index is 0.0110. The van der Waals surface area contributed by atoms with Gasteiger partial charge in [0.05, 0.1) is 25.2 Å². The second-order valence-electron chi connectivity index (χ2n) is 9.45. The predicted octanol–water partition coefficient (Wildman–Crippen LogP) is 3.05. The highest BCUT2D eigenvalue weighted by Gasteiger charge is 2.25. The summed E-state index contributed by atoms with van der Waals surface area (Å²) in [6.07, 6.45) is 4.71. The molecule has 1 fully saturated rings. The monoisotopic (exact) mass is 561 g/mol. The molecule has 2 aromatic carbocycles. The van der Waals surface area contributed by atoms with Crippen molar-refractivity contribution in [3.8, 4) is 11.5 Å². The number of nitrogens with zero attached hydrogens (tertiary/aromatic N) is 5. The van der Waals surface area contributed by atoms with Gasteiger partial charge in [-0.3, -0.25) is 4.79 Å². The first-order chi connectivity index (χ1) is 20.2. The van der Waals surface area contributed by atoms with E-state index in [0.717, 1.165) is 16.9 Å². The number of methoxy groups -OCH3 is 2. The number of aliphatic imine (C=N–C) groups is 1. The number of rotatable bonds is 12. The van der Waals surface area contributed by atoms with Crippen molar-refractivity contribution in [1.29, 1.82) is 0 Å². The third-order valence-corrected chi connectivity index (χ3v) is 6.76. The van der Waals surface area contributed by atoms with Crippen molar-refractivity contribution in [3.05, 3.63) is 66.0 Å². The van der Waals surface area contributed by atoms with Crippen molar-refractivity contribution in [2.45, 2.75) is 6.17 Å². The molecule has 2 aliphatic rings. The summed E-state index contributed by atoms with van der Waals surface area (Å²) in [5, 5.41) is 6.65. The lowest BCUT2D eigenvalue weighted by Gasteiger charge is -2.34. The fourth-order valence-corrected chi connectivity index (χ4v) is 4.65. The molecule has 0 bridgehead atoms. The van der Waals surface area contributed by atoms with Crippen LogP contribution < -0.4 is 25.0 Å². The molecule has 0 spiro atoms. The molecule has 12 heteroatoms. The van der Waals surface area contributed by atoms with Gasteiger partial charge in [-0.1, -0.05) is 6.07 Å². The number of amides is 1. The molecule has 0 radical (unpaired) electrons. The second-order valence-corrected chi connectivity index (χ2v) is 9.45. The third kappa shape index (κ3) is 7.02. The summed E-state index contributed by atoms with van der Waals surface area (Å²) >= 11 is 0. The van der Waals surface area contributed by atoms with Gasteiger partial charge in [0.2, 0.25) is 5.95 Å². The van der Waals surface area contributed by atoms with Crippen LogP contribution in [-0.2, 0) is 9.47 Å². The second kappa shape index (κ2) is 13.8. The van der Waals surface area contributed by atoms with E-state index in [1.165, 1.54) is 0 Å². The van der Waals surface area contributed by atoms with Crippen LogP contribution in [0.25, 0.3) is 0 Å². The van der Waals surface area contributed by atoms with Crippen molar-refractivity contribution in [1.82, 2.24) is 14.9 Å². The average Bonchev–Trinajstić information content (AvgIpc) is 3.02. The molecule has 216 valence electrons. The van der Waals surface area contributed by atoms with Gasteiger partial charge in [0, 0.05) is 75.7 Å². The predicted molar refractivity (Wildman–Crippen MR) is 156 cm³/mol. The number of benzene rings is 2. The first kappa shape index (κ1) is 28.1. The zero-order chi connectivity index (χ0) is 28.4. The molecule has 12 nitrogen and oxygen atoms in total. The Bertz CT molecular complexity index is 1330. The van der Waals surface area contributed by atoms with Crippen LogP contribution in [0.2, 0.25) is 0 Å². The number of hydrogen-bond acceptors (Lipinski definition) is 11. The van der Waals surface area contributed by atoms with Crippen LogP contribution in [0.5, 0.6) is 11.5 Å². The van der Waals surface area contributed by atoms with E-state index in [-0.39, 0.29) is 5.91 Å². The lowest BCUT2D eigenvalue weighted by atomic mass is 10.1. The molecule has 0 aliphatic carbocycles. The van der Waals surface area contributed by atoms with Gasteiger partial charge in [-0.05, 0) is 30.3 Å². The van der Waals surface area contributed by atoms with E-state index >= 15 is 0 Å². The summed E-state index contributed by atoms with van der Waals surface area (Å²) < 4.78 is 22.1. The Kier molecular flexibility index (Phi) is 9.45. The van der Waals surface area contributed by atoms with Crippen molar-refractivity contribution >= 4 is 29.6 Å². The number of carbonyl (C=O) groups is 1. The summed E-state index contributed by atoms with van der Waals surface area (Å²) in [5.74, 6) is 1.87. The third-order valence-electron chi connectivity index (χ3n) is 6.76. The van der Waals surface area contributed by atoms with Gasteiger partial charge >= 0.3 is 0 Å². The largest absolute Gasteiger partial charge is 0.487 e. The molecule has 5 rings (SSSR count). The van der Waals surface area contributed by atoms with Crippen LogP contribution in [-0.4, -0.2) is 93.9 Å². The van der Waals surface area contributed by atoms with E-state index in [0.29, 0.717) is 75.6 Å². The fourth-order valence-electron chi connectivity index (χ4n) is 4.65. The Labute approximate surface area is 239 Å². The van der Waals surface area contributed by atoms with Crippen molar-refractivity contribution < 1.29 is 23.7 Å². The van der Waals surface area contributed by atoms with Crippen molar-refractivity contribution in [3.63, 3.8) is 0 Å². The lowest BCUT2D eigenvalue weighted by Crippen LogP contribution is -2.49. The van der Waals surface area contributed by atoms with Crippen LogP contribution in [0.4, 0.5) is 17.3 Å². The lowest BCUT2D eigenvalue weighted by molar-refractivity contribution is 0.0746. The topological polar surface area (TPSA) is 123 Å². The summed E-state index contributed by atoms with van der Waals surface area (Å²) in [4.78, 5) is 30.6. The number of hydrogen-bond donors (Lipinski definition) is 2. The Morgan fingerprint density at radius 3 is 2.34 bits per heavy atom. The maximum absolute atomic E-state index is 13.4. The first-order valence-corrected chi connectivity index (χ1v) is 13.5. The summed E-state index contributed by atoms with van der Waals surface area (Å²) in [6.45, 7) is 4.23. The maximum Gasteiger partial charge on any atom is 0.254 e. The Balaban J connectivity index is 1.28. The number of ether oxygens (including phenoxy) is 4. The van der Waals surface area contributed by atoms with E-state index in [1.54, 1.807) is 39.0 Å². The smallest absolute Gasteiger partial charge is 0.254 e. The number of anilines is 3. The normalized spacial score (nSPS) is 16.1. The molecule has 2 aliphatic heterocycles. The van der Waals surface area contributed by atoms with Crippen LogP contribution in [0.1, 0.15) is 22.1 Å². The number of piperazine rings is 1. The van der Waals surface area contributed by atoms with Gasteiger partial charge < -0.3 is 39.4 Å². The number of aromatic nitrogens is 2. The van der Waals surface area contributed by atoms with Gasteiger partial charge in [-0.2, -0.15) is 0 Å². The van der Waals surface area contributed by atoms with E-state index < -0.39 is 6.17 Å². The molecule has 1 amide bonds. The summed E-state index contributed by atoms with van der Waals surface area (Å²) in [5.41, 5.74) is 3.12. The molecule has 1 atom stereocenters. The van der Waals surface area contributed by atoms with Gasteiger partial charge in [0.1, 0.15) is 19.4 Å². The number of nitrogens with one attached hydrogen (secondary N) is 2. The summed E-state index contributed by atoms with van der Waals surface area (Å²) in [7, 11) is 3.26. The molecule has 3 heterocycles. The van der Waals surface area contributed by atoms with Crippen molar-refractivity contribution in [2.75, 3.05) is 82.4 Å². The molecule has 3 aromatic rings. The summed E-state index contributed by atoms with van der Waals surface area (Å²) in [6, 6.07) is 13.1. The van der Waals surface area contributed by atoms with Crippen molar-refractivity contribution in [2.24, 2.45) is 4.99 Å². The highest BCUT2D eigenvalue weighted by Crippen LogP contribution is 2.39. The SMILES string of the molecule is COCCOc1cc2c(cc1OCCOC)[C@H](Nc1cccc(C(=O)N3CCN(c4ncccn4)CC3)c1)N=CN2. The van der Waals surface area contributed by atoms with Gasteiger partial charge in [0.25, 0.3) is 5.91 Å². The van der Waals surface area contributed by atoms with E-state index in [9.17, 15) is 4.79 Å². The minimum Gasteiger partial charge on any atom is -0.487 e. The van der Waals surface area contributed by atoms with E-state index in [1.807, 2.05) is 41.3 Å². The van der Waals surface area contributed by atoms with E-state index in [2.05, 4.69) is 30.5 Å². The Morgan fingerprint density at radius 1 is 0.927 bits per heavy atom. The fraction of sp³-hybridized carbons (Fsp3) is 0.379. The Morgan fingerprint density at radius 2 is 1.63 bits per heavy atom. The first-order valence-electron chi connectivity index (χ1n) is 13.5.